The molecule has 0 aliphatic rings. The molecule has 0 saturated carbocycles. The number of nitrogens with zero attached hydrogens (tertiary/aromatic N) is 1. The maximum Gasteiger partial charge on any atom is 0.154 e. The van der Waals surface area contributed by atoms with Crippen molar-refractivity contribution in [2.45, 2.75) is 6.92 Å². The van der Waals surface area contributed by atoms with E-state index in [2.05, 4.69) is 4.99 Å². The third-order valence-corrected chi connectivity index (χ3v) is 1.67. The highest BCUT2D eigenvalue weighted by atomic mass is 32.2. The number of Topliss-reactive ketones (excluding diaryl/α,β-unsaturated/α-hetero) is 1. The largest absolute Gasteiger partial charge is 0.379 e. The van der Waals surface area contributed by atoms with Gasteiger partial charge in [0.25, 0.3) is 0 Å². The van der Waals surface area contributed by atoms with Crippen LogP contribution in [0.25, 0.3) is 0 Å². The van der Waals surface area contributed by atoms with Gasteiger partial charge in [-0.05, 0) is 6.92 Å². The monoisotopic (exact) mass is 146 g/mol. The zero-order valence-corrected chi connectivity index (χ0v) is 6.36. The standard InChI is InChI=1S/C5H10N2OS/c1-4(8)3-9-5(6)7-2/h3H2,1-2H3,(H2,6,7). The lowest BCUT2D eigenvalue weighted by molar-refractivity contribution is -0.114. The van der Waals surface area contributed by atoms with Gasteiger partial charge in [0.15, 0.2) is 5.17 Å². The van der Waals surface area contributed by atoms with Crippen LogP contribution in [0.1, 0.15) is 6.92 Å². The Balaban J connectivity index is 3.39. The van der Waals surface area contributed by atoms with Gasteiger partial charge in [0.1, 0.15) is 5.78 Å². The summed E-state index contributed by atoms with van der Waals surface area (Å²) in [6.45, 7) is 1.52. The minimum absolute atomic E-state index is 0.117. The molecule has 0 heterocycles. The van der Waals surface area contributed by atoms with Gasteiger partial charge >= 0.3 is 0 Å². The molecule has 0 spiro atoms. The zero-order valence-electron chi connectivity index (χ0n) is 5.55. The second-order valence-electron chi connectivity index (χ2n) is 1.55. The molecule has 0 amide bonds. The summed E-state index contributed by atoms with van der Waals surface area (Å²) >= 11 is 1.26. The molecule has 0 radical (unpaired) electrons. The van der Waals surface area contributed by atoms with E-state index in [9.17, 15) is 4.79 Å². The summed E-state index contributed by atoms with van der Waals surface area (Å²) in [5.74, 6) is 0.537. The second-order valence-corrected chi connectivity index (χ2v) is 2.55. The summed E-state index contributed by atoms with van der Waals surface area (Å²) < 4.78 is 0. The molecule has 0 saturated heterocycles. The molecule has 2 N–H and O–H groups in total. The highest BCUT2D eigenvalue weighted by molar-refractivity contribution is 8.14. The molecular weight excluding hydrogens is 136 g/mol. The average Bonchev–Trinajstić information content (AvgIpc) is 1.83. The van der Waals surface area contributed by atoms with Crippen molar-refractivity contribution in [1.82, 2.24) is 0 Å². The molecule has 52 valence electrons. The highest BCUT2D eigenvalue weighted by Gasteiger charge is 1.94. The molecule has 3 nitrogen and oxygen atoms in total. The summed E-state index contributed by atoms with van der Waals surface area (Å²) in [6.07, 6.45) is 0. The Morgan fingerprint density at radius 2 is 2.33 bits per heavy atom. The third kappa shape index (κ3) is 5.36. The number of ketones is 1. The van der Waals surface area contributed by atoms with Crippen molar-refractivity contribution >= 4 is 22.7 Å². The number of thioether (sulfide) groups is 1. The number of carbonyl (C=O) groups is 1. The molecule has 0 fully saturated rings. The zero-order chi connectivity index (χ0) is 7.28. The van der Waals surface area contributed by atoms with E-state index in [1.165, 1.54) is 18.7 Å². The fourth-order valence-electron chi connectivity index (χ4n) is 0.240. The molecule has 0 rings (SSSR count). The fraction of sp³-hybridized carbons (Fsp3) is 0.600. The molecule has 0 atom stereocenters. The van der Waals surface area contributed by atoms with E-state index in [0.717, 1.165) is 0 Å². The van der Waals surface area contributed by atoms with Crippen LogP contribution in [-0.4, -0.2) is 23.8 Å². The van der Waals surface area contributed by atoms with Crippen LogP contribution in [-0.2, 0) is 4.79 Å². The van der Waals surface area contributed by atoms with Gasteiger partial charge < -0.3 is 5.73 Å². The molecule has 0 bridgehead atoms. The van der Waals surface area contributed by atoms with Crippen LogP contribution in [0, 0.1) is 0 Å². The number of hydrogen-bond acceptors (Lipinski definition) is 3. The summed E-state index contributed by atoms with van der Waals surface area (Å²) in [6, 6.07) is 0. The van der Waals surface area contributed by atoms with Gasteiger partial charge in [0.05, 0.1) is 5.75 Å². The van der Waals surface area contributed by atoms with Crippen molar-refractivity contribution in [2.24, 2.45) is 10.7 Å². The van der Waals surface area contributed by atoms with Crippen molar-refractivity contribution < 1.29 is 4.79 Å². The molecule has 0 aliphatic heterocycles. The third-order valence-electron chi connectivity index (χ3n) is 0.644. The van der Waals surface area contributed by atoms with E-state index in [4.69, 9.17) is 5.73 Å². The number of nitrogens with two attached hydrogens (primary N) is 1. The first-order chi connectivity index (χ1) is 4.16. The minimum atomic E-state index is 0.117. The van der Waals surface area contributed by atoms with Gasteiger partial charge in [-0.3, -0.25) is 9.79 Å². The first-order valence-corrected chi connectivity index (χ1v) is 3.50. The summed E-state index contributed by atoms with van der Waals surface area (Å²) in [5, 5.41) is 0.463. The molecule has 0 aromatic carbocycles. The van der Waals surface area contributed by atoms with Crippen molar-refractivity contribution in [2.75, 3.05) is 12.8 Å². The van der Waals surface area contributed by atoms with Crippen LogP contribution in [0.3, 0.4) is 0 Å². The van der Waals surface area contributed by atoms with Crippen molar-refractivity contribution in [3.63, 3.8) is 0 Å². The Labute approximate surface area is 58.7 Å². The molecule has 0 aromatic heterocycles. The normalized spacial score (nSPS) is 11.6. The first-order valence-electron chi connectivity index (χ1n) is 2.51. The molecular formula is C5H10N2OS. The van der Waals surface area contributed by atoms with Crippen molar-refractivity contribution in [1.29, 1.82) is 0 Å². The maximum atomic E-state index is 10.3. The van der Waals surface area contributed by atoms with Gasteiger partial charge in [-0.2, -0.15) is 0 Å². The Hall–Kier alpha value is -0.510. The minimum Gasteiger partial charge on any atom is -0.379 e. The fourth-order valence-corrected chi connectivity index (χ4v) is 0.720. The van der Waals surface area contributed by atoms with E-state index in [-0.39, 0.29) is 5.78 Å². The Bertz CT molecular complexity index is 133. The SMILES string of the molecule is CN=C(N)SCC(C)=O. The molecule has 0 unspecified atom stereocenters. The van der Waals surface area contributed by atoms with E-state index in [0.29, 0.717) is 10.9 Å². The van der Waals surface area contributed by atoms with Gasteiger partial charge in [-0.25, -0.2) is 0 Å². The van der Waals surface area contributed by atoms with Gasteiger partial charge in [0, 0.05) is 7.05 Å². The van der Waals surface area contributed by atoms with Crippen LogP contribution >= 0.6 is 11.8 Å². The second kappa shape index (κ2) is 4.38. The van der Waals surface area contributed by atoms with E-state index in [1.54, 1.807) is 7.05 Å². The molecule has 0 aromatic rings. The van der Waals surface area contributed by atoms with E-state index < -0.39 is 0 Å². The predicted molar refractivity (Wildman–Crippen MR) is 40.7 cm³/mol. The molecule has 0 aliphatic carbocycles. The van der Waals surface area contributed by atoms with E-state index >= 15 is 0 Å². The van der Waals surface area contributed by atoms with Crippen LogP contribution < -0.4 is 5.73 Å². The Morgan fingerprint density at radius 1 is 1.78 bits per heavy atom. The smallest absolute Gasteiger partial charge is 0.154 e. The summed E-state index contributed by atoms with van der Waals surface area (Å²) in [7, 11) is 1.60. The number of carbonyl (C=O) groups excluding carboxylic acids is 1. The quantitative estimate of drug-likeness (QED) is 0.449. The lowest BCUT2D eigenvalue weighted by atomic mass is 10.5. The predicted octanol–water partition coefficient (Wildman–Crippen LogP) is 0.253. The maximum absolute atomic E-state index is 10.3. The topological polar surface area (TPSA) is 55.4 Å². The first kappa shape index (κ1) is 8.49. The lowest BCUT2D eigenvalue weighted by Gasteiger charge is -1.93. The van der Waals surface area contributed by atoms with Crippen LogP contribution in [0.5, 0.6) is 0 Å². The van der Waals surface area contributed by atoms with Crippen LogP contribution in [0.4, 0.5) is 0 Å². The summed E-state index contributed by atoms with van der Waals surface area (Å²) in [5.41, 5.74) is 5.28. The van der Waals surface area contributed by atoms with Gasteiger partial charge in [0.2, 0.25) is 0 Å². The van der Waals surface area contributed by atoms with Gasteiger partial charge in [-0.1, -0.05) is 11.8 Å². The summed E-state index contributed by atoms with van der Waals surface area (Å²) in [4.78, 5) is 14.0. The van der Waals surface area contributed by atoms with Crippen molar-refractivity contribution in [3.05, 3.63) is 0 Å². The number of aliphatic imine (C=N–C) groups is 1. The van der Waals surface area contributed by atoms with Crippen LogP contribution in [0.15, 0.2) is 4.99 Å². The Kier molecular flexibility index (Phi) is 4.13. The lowest BCUT2D eigenvalue weighted by Crippen LogP contribution is -2.09. The number of amidine groups is 1. The highest BCUT2D eigenvalue weighted by Crippen LogP contribution is 1.97. The average molecular weight is 146 g/mol. The molecule has 4 heteroatoms. The van der Waals surface area contributed by atoms with Gasteiger partial charge in [-0.15, -0.1) is 0 Å². The van der Waals surface area contributed by atoms with E-state index in [1.807, 2.05) is 0 Å². The number of rotatable bonds is 2. The van der Waals surface area contributed by atoms with Crippen molar-refractivity contribution in [3.8, 4) is 0 Å². The van der Waals surface area contributed by atoms with Crippen LogP contribution in [0.2, 0.25) is 0 Å². The Morgan fingerprint density at radius 3 is 2.67 bits per heavy atom. The number of hydrogen-bond donors (Lipinski definition) is 1. The molecule has 9 heavy (non-hydrogen) atoms.